The van der Waals surface area contributed by atoms with Gasteiger partial charge in [0.25, 0.3) is 0 Å². The van der Waals surface area contributed by atoms with Gasteiger partial charge < -0.3 is 15.5 Å². The van der Waals surface area contributed by atoms with Gasteiger partial charge in [0.15, 0.2) is 0 Å². The van der Waals surface area contributed by atoms with Crippen LogP contribution in [0, 0.1) is 5.92 Å². The minimum atomic E-state index is 0.118. The van der Waals surface area contributed by atoms with Crippen LogP contribution in [0.15, 0.2) is 24.3 Å². The molecule has 0 radical (unpaired) electrons. The van der Waals surface area contributed by atoms with E-state index in [9.17, 15) is 4.79 Å². The van der Waals surface area contributed by atoms with Crippen molar-refractivity contribution < 1.29 is 4.79 Å². The predicted octanol–water partition coefficient (Wildman–Crippen LogP) is 1.30. The van der Waals surface area contributed by atoms with Crippen molar-refractivity contribution >= 4 is 11.6 Å². The molecule has 0 aromatic heterocycles. The van der Waals surface area contributed by atoms with Crippen molar-refractivity contribution in [3.8, 4) is 0 Å². The Morgan fingerprint density at radius 1 is 1.39 bits per heavy atom. The first-order valence-electron chi connectivity index (χ1n) is 6.38. The van der Waals surface area contributed by atoms with Crippen LogP contribution in [0.1, 0.15) is 12.0 Å². The molecular weight excluding hydrogens is 226 g/mol. The summed E-state index contributed by atoms with van der Waals surface area (Å²) in [5.41, 5.74) is 2.09. The SMILES string of the molecule is CN(C)Cc1ccccc1NC(=O)CC1CNC1. The average molecular weight is 247 g/mol. The van der Waals surface area contributed by atoms with Crippen LogP contribution in [0.4, 0.5) is 5.69 Å². The fraction of sp³-hybridized carbons (Fsp3) is 0.500. The summed E-state index contributed by atoms with van der Waals surface area (Å²) in [5.74, 6) is 0.624. The first-order valence-corrected chi connectivity index (χ1v) is 6.38. The molecule has 1 fully saturated rings. The molecule has 4 nitrogen and oxygen atoms in total. The molecule has 0 spiro atoms. The Bertz CT molecular complexity index is 413. The number of hydrogen-bond acceptors (Lipinski definition) is 3. The molecule has 2 N–H and O–H groups in total. The molecule has 2 rings (SSSR count). The number of hydrogen-bond donors (Lipinski definition) is 2. The summed E-state index contributed by atoms with van der Waals surface area (Å²) in [6, 6.07) is 7.99. The Kier molecular flexibility index (Phi) is 4.33. The zero-order valence-corrected chi connectivity index (χ0v) is 11.1. The summed E-state index contributed by atoms with van der Waals surface area (Å²) >= 11 is 0. The second-order valence-electron chi connectivity index (χ2n) is 5.17. The van der Waals surface area contributed by atoms with Crippen molar-refractivity contribution in [3.05, 3.63) is 29.8 Å². The quantitative estimate of drug-likeness (QED) is 0.824. The minimum absolute atomic E-state index is 0.118. The monoisotopic (exact) mass is 247 g/mol. The summed E-state index contributed by atoms with van der Waals surface area (Å²) in [5, 5.41) is 6.20. The lowest BCUT2D eigenvalue weighted by Crippen LogP contribution is -2.43. The number of amides is 1. The highest BCUT2D eigenvalue weighted by Crippen LogP contribution is 2.18. The van der Waals surface area contributed by atoms with Crippen molar-refractivity contribution in [2.75, 3.05) is 32.5 Å². The molecule has 4 heteroatoms. The van der Waals surface area contributed by atoms with Crippen molar-refractivity contribution in [2.24, 2.45) is 5.92 Å². The van der Waals surface area contributed by atoms with Crippen LogP contribution in [-0.2, 0) is 11.3 Å². The molecular formula is C14H21N3O. The Balaban J connectivity index is 1.96. The van der Waals surface area contributed by atoms with Gasteiger partial charge in [-0.05, 0) is 44.7 Å². The van der Waals surface area contributed by atoms with E-state index in [1.165, 1.54) is 0 Å². The molecule has 1 aliphatic heterocycles. The average Bonchev–Trinajstić information content (AvgIpc) is 2.26. The van der Waals surface area contributed by atoms with Crippen LogP contribution in [0.3, 0.4) is 0 Å². The predicted molar refractivity (Wildman–Crippen MR) is 73.4 cm³/mol. The summed E-state index contributed by atoms with van der Waals surface area (Å²) in [6.07, 6.45) is 0.614. The largest absolute Gasteiger partial charge is 0.326 e. The van der Waals surface area contributed by atoms with E-state index in [0.29, 0.717) is 12.3 Å². The first-order chi connectivity index (χ1) is 8.65. The molecule has 1 aromatic rings. The van der Waals surface area contributed by atoms with E-state index < -0.39 is 0 Å². The highest BCUT2D eigenvalue weighted by Gasteiger charge is 2.20. The molecule has 0 atom stereocenters. The molecule has 1 amide bonds. The number of carbonyl (C=O) groups excluding carboxylic acids is 1. The van der Waals surface area contributed by atoms with Gasteiger partial charge in [-0.15, -0.1) is 0 Å². The first kappa shape index (κ1) is 13.1. The smallest absolute Gasteiger partial charge is 0.224 e. The molecule has 0 saturated carbocycles. The van der Waals surface area contributed by atoms with Crippen LogP contribution in [0.5, 0.6) is 0 Å². The van der Waals surface area contributed by atoms with Gasteiger partial charge in [0.2, 0.25) is 5.91 Å². The molecule has 1 aliphatic rings. The van der Waals surface area contributed by atoms with Crippen molar-refractivity contribution in [3.63, 3.8) is 0 Å². The van der Waals surface area contributed by atoms with Crippen LogP contribution in [0.25, 0.3) is 0 Å². The van der Waals surface area contributed by atoms with E-state index in [1.807, 2.05) is 32.3 Å². The van der Waals surface area contributed by atoms with Gasteiger partial charge in [-0.2, -0.15) is 0 Å². The maximum Gasteiger partial charge on any atom is 0.224 e. The van der Waals surface area contributed by atoms with Crippen molar-refractivity contribution in [1.29, 1.82) is 0 Å². The van der Waals surface area contributed by atoms with Crippen LogP contribution in [0.2, 0.25) is 0 Å². The highest BCUT2D eigenvalue weighted by atomic mass is 16.1. The van der Waals surface area contributed by atoms with E-state index in [-0.39, 0.29) is 5.91 Å². The lowest BCUT2D eigenvalue weighted by atomic mass is 9.99. The summed E-state index contributed by atoms with van der Waals surface area (Å²) in [7, 11) is 4.05. The van der Waals surface area contributed by atoms with E-state index in [1.54, 1.807) is 0 Å². The standard InChI is InChI=1S/C14H21N3O/c1-17(2)10-12-5-3-4-6-13(12)16-14(18)7-11-8-15-9-11/h3-6,11,15H,7-10H2,1-2H3,(H,16,18). The van der Waals surface area contributed by atoms with Crippen LogP contribution < -0.4 is 10.6 Å². The number of nitrogens with zero attached hydrogens (tertiary/aromatic N) is 1. The van der Waals surface area contributed by atoms with E-state index >= 15 is 0 Å². The lowest BCUT2D eigenvalue weighted by molar-refractivity contribution is -0.117. The third kappa shape index (κ3) is 3.55. The fourth-order valence-electron chi connectivity index (χ4n) is 2.08. The van der Waals surface area contributed by atoms with Gasteiger partial charge in [0, 0.05) is 18.7 Å². The summed E-state index contributed by atoms with van der Waals surface area (Å²) in [4.78, 5) is 14.0. The van der Waals surface area contributed by atoms with Gasteiger partial charge in [-0.25, -0.2) is 0 Å². The molecule has 1 aromatic carbocycles. The number of anilines is 1. The third-order valence-corrected chi connectivity index (χ3v) is 3.12. The van der Waals surface area contributed by atoms with Gasteiger partial charge in [-0.3, -0.25) is 4.79 Å². The molecule has 0 aliphatic carbocycles. The Morgan fingerprint density at radius 3 is 2.72 bits per heavy atom. The maximum atomic E-state index is 11.9. The third-order valence-electron chi connectivity index (χ3n) is 3.12. The fourth-order valence-corrected chi connectivity index (χ4v) is 2.08. The van der Waals surface area contributed by atoms with E-state index in [0.717, 1.165) is 30.9 Å². The Morgan fingerprint density at radius 2 is 2.11 bits per heavy atom. The molecule has 0 bridgehead atoms. The number of carbonyl (C=O) groups is 1. The van der Waals surface area contributed by atoms with Gasteiger partial charge in [0.05, 0.1) is 0 Å². The molecule has 1 heterocycles. The lowest BCUT2D eigenvalue weighted by Gasteiger charge is -2.26. The highest BCUT2D eigenvalue weighted by molar-refractivity contribution is 5.91. The second kappa shape index (κ2) is 5.98. The zero-order valence-electron chi connectivity index (χ0n) is 11.1. The van der Waals surface area contributed by atoms with E-state index in [4.69, 9.17) is 0 Å². The van der Waals surface area contributed by atoms with Gasteiger partial charge >= 0.3 is 0 Å². The molecule has 18 heavy (non-hydrogen) atoms. The number of rotatable bonds is 5. The minimum Gasteiger partial charge on any atom is -0.326 e. The maximum absolute atomic E-state index is 11.9. The van der Waals surface area contributed by atoms with Gasteiger partial charge in [0.1, 0.15) is 0 Å². The zero-order chi connectivity index (χ0) is 13.0. The van der Waals surface area contributed by atoms with E-state index in [2.05, 4.69) is 21.6 Å². The number of para-hydroxylation sites is 1. The molecule has 0 unspecified atom stereocenters. The molecule has 1 saturated heterocycles. The Labute approximate surface area is 108 Å². The summed E-state index contributed by atoms with van der Waals surface area (Å²) < 4.78 is 0. The Hall–Kier alpha value is -1.39. The van der Waals surface area contributed by atoms with Crippen molar-refractivity contribution in [2.45, 2.75) is 13.0 Å². The normalized spacial score (nSPS) is 15.5. The second-order valence-corrected chi connectivity index (χ2v) is 5.17. The molecule has 98 valence electrons. The van der Waals surface area contributed by atoms with Crippen LogP contribution in [-0.4, -0.2) is 38.0 Å². The van der Waals surface area contributed by atoms with Crippen LogP contribution >= 0.6 is 0 Å². The topological polar surface area (TPSA) is 44.4 Å². The van der Waals surface area contributed by atoms with Gasteiger partial charge in [-0.1, -0.05) is 18.2 Å². The number of nitrogens with one attached hydrogen (secondary N) is 2. The van der Waals surface area contributed by atoms with Crippen molar-refractivity contribution in [1.82, 2.24) is 10.2 Å². The summed E-state index contributed by atoms with van der Waals surface area (Å²) in [6.45, 7) is 2.76. The number of benzene rings is 1.